The number of hydrogen-bond acceptors (Lipinski definition) is 1. The summed E-state index contributed by atoms with van der Waals surface area (Å²) in [5, 5.41) is 10.8. The molecule has 0 spiro atoms. The lowest BCUT2D eigenvalue weighted by Crippen LogP contribution is -2.25. The molecule has 0 fully saturated rings. The van der Waals surface area contributed by atoms with Gasteiger partial charge in [0.1, 0.15) is 5.75 Å². The van der Waals surface area contributed by atoms with Crippen LogP contribution in [0, 0.1) is 5.41 Å². The molecular formula is C20H34O. The smallest absolute Gasteiger partial charge is 0.122 e. The van der Waals surface area contributed by atoms with Gasteiger partial charge < -0.3 is 5.11 Å². The van der Waals surface area contributed by atoms with Crippen molar-refractivity contribution in [3.8, 4) is 5.75 Å². The Kier molecular flexibility index (Phi) is 5.90. The van der Waals surface area contributed by atoms with Gasteiger partial charge >= 0.3 is 0 Å². The van der Waals surface area contributed by atoms with E-state index in [0.717, 1.165) is 43.2 Å². The standard InChI is InChI=1S/C20H34O/c1-8-10-11-16-12-15(9-2)13-17(18(16)21)20(6,7)14-19(3,4)5/h12-13,21H,8-11,14H2,1-7H3. The van der Waals surface area contributed by atoms with E-state index in [1.54, 1.807) is 0 Å². The van der Waals surface area contributed by atoms with Gasteiger partial charge in [-0.15, -0.1) is 0 Å². The fourth-order valence-corrected chi connectivity index (χ4v) is 3.46. The van der Waals surface area contributed by atoms with Gasteiger partial charge in [0.15, 0.2) is 0 Å². The average molecular weight is 290 g/mol. The minimum absolute atomic E-state index is 0.00548. The minimum atomic E-state index is -0.00548. The van der Waals surface area contributed by atoms with Gasteiger partial charge in [0.25, 0.3) is 0 Å². The van der Waals surface area contributed by atoms with Crippen LogP contribution in [0.5, 0.6) is 5.75 Å². The highest BCUT2D eigenvalue weighted by molar-refractivity contribution is 5.47. The zero-order chi connectivity index (χ0) is 16.3. The van der Waals surface area contributed by atoms with E-state index in [1.807, 2.05) is 0 Å². The molecule has 0 unspecified atom stereocenters. The summed E-state index contributed by atoms with van der Waals surface area (Å²) >= 11 is 0. The molecule has 0 saturated heterocycles. The number of benzene rings is 1. The largest absolute Gasteiger partial charge is 0.507 e. The third-order valence-electron chi connectivity index (χ3n) is 4.16. The molecule has 1 rings (SSSR count). The van der Waals surface area contributed by atoms with Gasteiger partial charge in [-0.3, -0.25) is 0 Å². The van der Waals surface area contributed by atoms with E-state index in [4.69, 9.17) is 0 Å². The van der Waals surface area contributed by atoms with Crippen molar-refractivity contribution >= 4 is 0 Å². The van der Waals surface area contributed by atoms with Crippen molar-refractivity contribution in [3.05, 3.63) is 28.8 Å². The SMILES string of the molecule is CCCCc1cc(CC)cc(C(C)(C)CC(C)(C)C)c1O. The molecule has 0 bridgehead atoms. The first-order chi connectivity index (χ1) is 9.60. The second-order valence-electron chi connectivity index (χ2n) is 8.23. The first-order valence-corrected chi connectivity index (χ1v) is 8.46. The zero-order valence-electron chi connectivity index (χ0n) is 15.1. The van der Waals surface area contributed by atoms with E-state index in [2.05, 4.69) is 60.6 Å². The monoisotopic (exact) mass is 290 g/mol. The maximum atomic E-state index is 10.8. The van der Waals surface area contributed by atoms with Gasteiger partial charge in [-0.2, -0.15) is 0 Å². The van der Waals surface area contributed by atoms with Crippen LogP contribution >= 0.6 is 0 Å². The van der Waals surface area contributed by atoms with Crippen LogP contribution in [0.15, 0.2) is 12.1 Å². The van der Waals surface area contributed by atoms with Crippen molar-refractivity contribution in [2.75, 3.05) is 0 Å². The van der Waals surface area contributed by atoms with Gasteiger partial charge in [0.05, 0.1) is 0 Å². The maximum absolute atomic E-state index is 10.8. The predicted molar refractivity (Wildman–Crippen MR) is 93.2 cm³/mol. The summed E-state index contributed by atoms with van der Waals surface area (Å²) in [4.78, 5) is 0. The van der Waals surface area contributed by atoms with E-state index in [1.165, 1.54) is 5.56 Å². The molecule has 120 valence electrons. The lowest BCUT2D eigenvalue weighted by atomic mass is 9.71. The van der Waals surface area contributed by atoms with Crippen LogP contribution in [0.25, 0.3) is 0 Å². The van der Waals surface area contributed by atoms with E-state index in [-0.39, 0.29) is 10.8 Å². The molecule has 0 amide bonds. The van der Waals surface area contributed by atoms with E-state index in [0.29, 0.717) is 5.75 Å². The zero-order valence-corrected chi connectivity index (χ0v) is 15.1. The molecule has 1 aromatic rings. The summed E-state index contributed by atoms with van der Waals surface area (Å²) in [6, 6.07) is 4.41. The number of phenolic OH excluding ortho intramolecular Hbond substituents is 1. The first kappa shape index (κ1) is 18.1. The highest BCUT2D eigenvalue weighted by atomic mass is 16.3. The average Bonchev–Trinajstić information content (AvgIpc) is 2.34. The molecule has 1 aromatic carbocycles. The molecule has 1 heteroatoms. The highest BCUT2D eigenvalue weighted by Gasteiger charge is 2.30. The van der Waals surface area contributed by atoms with Crippen LogP contribution in [-0.2, 0) is 18.3 Å². The summed E-state index contributed by atoms with van der Waals surface area (Å²) in [6.45, 7) is 15.7. The molecule has 1 N–H and O–H groups in total. The molecule has 0 aromatic heterocycles. The van der Waals surface area contributed by atoms with E-state index >= 15 is 0 Å². The lowest BCUT2D eigenvalue weighted by Gasteiger charge is -2.34. The van der Waals surface area contributed by atoms with Crippen LogP contribution in [0.3, 0.4) is 0 Å². The third kappa shape index (κ3) is 5.05. The van der Waals surface area contributed by atoms with Gasteiger partial charge in [0, 0.05) is 5.56 Å². The molecule has 0 aliphatic carbocycles. The van der Waals surface area contributed by atoms with Crippen LogP contribution in [-0.4, -0.2) is 5.11 Å². The molecule has 0 radical (unpaired) electrons. The quantitative estimate of drug-likeness (QED) is 0.680. The summed E-state index contributed by atoms with van der Waals surface area (Å²) in [6.07, 6.45) is 5.37. The molecular weight excluding hydrogens is 256 g/mol. The van der Waals surface area contributed by atoms with Crippen LogP contribution in [0.2, 0.25) is 0 Å². The van der Waals surface area contributed by atoms with Crippen LogP contribution < -0.4 is 0 Å². The fourth-order valence-electron chi connectivity index (χ4n) is 3.46. The summed E-state index contributed by atoms with van der Waals surface area (Å²) < 4.78 is 0. The molecule has 0 saturated carbocycles. The number of aromatic hydroxyl groups is 1. The van der Waals surface area contributed by atoms with Gasteiger partial charge in [-0.05, 0) is 47.6 Å². The summed E-state index contributed by atoms with van der Waals surface area (Å²) in [5.41, 5.74) is 3.85. The Morgan fingerprint density at radius 2 is 1.62 bits per heavy atom. The Hall–Kier alpha value is -0.980. The summed E-state index contributed by atoms with van der Waals surface area (Å²) in [7, 11) is 0. The fraction of sp³-hybridized carbons (Fsp3) is 0.700. The van der Waals surface area contributed by atoms with Gasteiger partial charge in [-0.25, -0.2) is 0 Å². The first-order valence-electron chi connectivity index (χ1n) is 8.46. The number of aryl methyl sites for hydroxylation is 2. The molecule has 21 heavy (non-hydrogen) atoms. The van der Waals surface area contributed by atoms with Crippen molar-refractivity contribution < 1.29 is 5.11 Å². The van der Waals surface area contributed by atoms with Crippen molar-refractivity contribution in [1.29, 1.82) is 0 Å². The Labute approximate surface area is 131 Å². The third-order valence-corrected chi connectivity index (χ3v) is 4.16. The second kappa shape index (κ2) is 6.85. The van der Waals surface area contributed by atoms with Crippen molar-refractivity contribution in [2.24, 2.45) is 5.41 Å². The molecule has 0 atom stereocenters. The lowest BCUT2D eigenvalue weighted by molar-refractivity contribution is 0.278. The van der Waals surface area contributed by atoms with Crippen molar-refractivity contribution in [3.63, 3.8) is 0 Å². The molecule has 1 nitrogen and oxygen atoms in total. The highest BCUT2D eigenvalue weighted by Crippen LogP contribution is 2.42. The van der Waals surface area contributed by atoms with Gasteiger partial charge in [-0.1, -0.05) is 67.0 Å². The van der Waals surface area contributed by atoms with Crippen LogP contribution in [0.4, 0.5) is 0 Å². The number of phenols is 1. The summed E-state index contributed by atoms with van der Waals surface area (Å²) in [5.74, 6) is 0.537. The Bertz CT molecular complexity index is 463. The Morgan fingerprint density at radius 1 is 1.00 bits per heavy atom. The Balaban J connectivity index is 3.27. The Morgan fingerprint density at radius 3 is 2.10 bits per heavy atom. The van der Waals surface area contributed by atoms with E-state index < -0.39 is 0 Å². The molecule has 0 heterocycles. The van der Waals surface area contributed by atoms with Crippen molar-refractivity contribution in [1.82, 2.24) is 0 Å². The van der Waals surface area contributed by atoms with Gasteiger partial charge in [0.2, 0.25) is 0 Å². The number of hydrogen-bond donors (Lipinski definition) is 1. The normalized spacial score (nSPS) is 12.7. The minimum Gasteiger partial charge on any atom is -0.507 e. The number of rotatable bonds is 6. The van der Waals surface area contributed by atoms with Crippen LogP contribution in [0.1, 0.15) is 84.4 Å². The number of unbranched alkanes of at least 4 members (excludes halogenated alkanes) is 1. The van der Waals surface area contributed by atoms with Crippen molar-refractivity contribution in [2.45, 2.75) is 86.0 Å². The maximum Gasteiger partial charge on any atom is 0.122 e. The second-order valence-corrected chi connectivity index (χ2v) is 8.23. The molecule has 0 aliphatic rings. The molecule has 0 aliphatic heterocycles. The topological polar surface area (TPSA) is 20.2 Å². The predicted octanol–water partition coefficient (Wildman–Crippen LogP) is 6.01. The van der Waals surface area contributed by atoms with E-state index in [9.17, 15) is 5.11 Å².